The number of rotatable bonds is 3. The second-order valence-electron chi connectivity index (χ2n) is 3.40. The molecule has 1 unspecified atom stereocenters. The standard InChI is InChI=1S/C11H9Br2FN2S/c12-9-5-7(11(13)17-9)10(16-15)6-3-1-2-4-8(6)14/h1-5,10,16H,15H2. The number of hydrogen-bond acceptors (Lipinski definition) is 3. The molecule has 1 atom stereocenters. The second kappa shape index (κ2) is 5.58. The van der Waals surface area contributed by atoms with E-state index in [0.29, 0.717) is 5.56 Å². The van der Waals surface area contributed by atoms with Crippen molar-refractivity contribution in [2.45, 2.75) is 6.04 Å². The lowest BCUT2D eigenvalue weighted by Crippen LogP contribution is -2.29. The highest BCUT2D eigenvalue weighted by Gasteiger charge is 2.20. The van der Waals surface area contributed by atoms with Crippen LogP contribution in [0.1, 0.15) is 17.2 Å². The second-order valence-corrected chi connectivity index (χ2v) is 7.15. The third-order valence-electron chi connectivity index (χ3n) is 2.38. The molecule has 1 aromatic heterocycles. The number of hydrazine groups is 1. The molecule has 1 heterocycles. The molecule has 2 aromatic rings. The predicted molar refractivity (Wildman–Crippen MR) is 75.3 cm³/mol. The monoisotopic (exact) mass is 378 g/mol. The highest BCUT2D eigenvalue weighted by atomic mass is 79.9. The van der Waals surface area contributed by atoms with E-state index in [9.17, 15) is 4.39 Å². The lowest BCUT2D eigenvalue weighted by molar-refractivity contribution is 0.560. The van der Waals surface area contributed by atoms with Crippen LogP contribution in [0, 0.1) is 5.82 Å². The summed E-state index contributed by atoms with van der Waals surface area (Å²) in [6, 6.07) is 8.15. The van der Waals surface area contributed by atoms with Crippen LogP contribution < -0.4 is 11.3 Å². The third kappa shape index (κ3) is 2.77. The Hall–Kier alpha value is -0.270. The fraction of sp³-hybridized carbons (Fsp3) is 0.0909. The summed E-state index contributed by atoms with van der Waals surface area (Å²) in [4.78, 5) is 0. The van der Waals surface area contributed by atoms with E-state index in [1.807, 2.05) is 6.07 Å². The zero-order valence-electron chi connectivity index (χ0n) is 8.58. The van der Waals surface area contributed by atoms with Gasteiger partial charge in [-0.25, -0.2) is 9.82 Å². The molecule has 0 bridgehead atoms. The number of thiophene rings is 1. The van der Waals surface area contributed by atoms with E-state index in [1.54, 1.807) is 18.2 Å². The van der Waals surface area contributed by atoms with Gasteiger partial charge in [-0.05, 0) is 44.0 Å². The Morgan fingerprint density at radius 3 is 2.47 bits per heavy atom. The van der Waals surface area contributed by atoms with Crippen molar-refractivity contribution in [1.82, 2.24) is 5.43 Å². The lowest BCUT2D eigenvalue weighted by atomic mass is 10.0. The van der Waals surface area contributed by atoms with E-state index in [2.05, 4.69) is 37.3 Å². The smallest absolute Gasteiger partial charge is 0.128 e. The molecule has 0 radical (unpaired) electrons. The van der Waals surface area contributed by atoms with Crippen molar-refractivity contribution in [3.63, 3.8) is 0 Å². The molecular formula is C11H9Br2FN2S. The topological polar surface area (TPSA) is 38.0 Å². The Kier molecular flexibility index (Phi) is 4.32. The fourth-order valence-electron chi connectivity index (χ4n) is 1.61. The number of hydrogen-bond donors (Lipinski definition) is 2. The van der Waals surface area contributed by atoms with Gasteiger partial charge in [-0.1, -0.05) is 18.2 Å². The van der Waals surface area contributed by atoms with Crippen LogP contribution in [0.25, 0.3) is 0 Å². The first kappa shape index (κ1) is 13.2. The molecule has 0 fully saturated rings. The van der Waals surface area contributed by atoms with E-state index < -0.39 is 0 Å². The molecule has 2 rings (SSSR count). The minimum absolute atomic E-state index is 0.273. The van der Waals surface area contributed by atoms with Crippen molar-refractivity contribution < 1.29 is 4.39 Å². The maximum absolute atomic E-state index is 13.7. The lowest BCUT2D eigenvalue weighted by Gasteiger charge is -2.16. The Morgan fingerprint density at radius 2 is 1.94 bits per heavy atom. The van der Waals surface area contributed by atoms with Gasteiger partial charge in [-0.3, -0.25) is 5.84 Å². The van der Waals surface area contributed by atoms with Gasteiger partial charge in [-0.2, -0.15) is 0 Å². The molecule has 1 aromatic carbocycles. The van der Waals surface area contributed by atoms with E-state index in [4.69, 9.17) is 5.84 Å². The minimum Gasteiger partial charge on any atom is -0.271 e. The summed E-state index contributed by atoms with van der Waals surface area (Å²) in [7, 11) is 0. The number of nitrogens with one attached hydrogen (secondary N) is 1. The first-order chi connectivity index (χ1) is 8.13. The van der Waals surface area contributed by atoms with Crippen molar-refractivity contribution in [3.05, 3.63) is 54.8 Å². The molecule has 0 spiro atoms. The van der Waals surface area contributed by atoms with Gasteiger partial charge in [0.05, 0.1) is 13.6 Å². The summed E-state index contributed by atoms with van der Waals surface area (Å²) in [6.07, 6.45) is 0. The Balaban J connectivity index is 2.47. The van der Waals surface area contributed by atoms with Crippen molar-refractivity contribution in [3.8, 4) is 0 Å². The van der Waals surface area contributed by atoms with Crippen LogP contribution in [-0.2, 0) is 0 Å². The maximum atomic E-state index is 13.7. The molecule has 3 N–H and O–H groups in total. The minimum atomic E-state index is -0.367. The van der Waals surface area contributed by atoms with Gasteiger partial charge in [0.25, 0.3) is 0 Å². The van der Waals surface area contributed by atoms with Crippen LogP contribution in [0.3, 0.4) is 0 Å². The quantitative estimate of drug-likeness (QED) is 0.625. The van der Waals surface area contributed by atoms with Crippen molar-refractivity contribution in [2.24, 2.45) is 5.84 Å². The maximum Gasteiger partial charge on any atom is 0.128 e. The average Bonchev–Trinajstić information content (AvgIpc) is 2.62. The fourth-order valence-corrected chi connectivity index (χ4v) is 4.51. The molecular weight excluding hydrogens is 371 g/mol. The van der Waals surface area contributed by atoms with Gasteiger partial charge in [0.15, 0.2) is 0 Å². The van der Waals surface area contributed by atoms with Crippen LogP contribution in [0.5, 0.6) is 0 Å². The van der Waals surface area contributed by atoms with Crippen molar-refractivity contribution in [1.29, 1.82) is 0 Å². The Labute approximate surface area is 119 Å². The molecule has 0 aliphatic carbocycles. The van der Waals surface area contributed by atoms with Gasteiger partial charge < -0.3 is 0 Å². The summed E-state index contributed by atoms with van der Waals surface area (Å²) < 4.78 is 15.6. The van der Waals surface area contributed by atoms with Gasteiger partial charge in [-0.15, -0.1) is 11.3 Å². The molecule has 0 aliphatic rings. The highest BCUT2D eigenvalue weighted by molar-refractivity contribution is 9.12. The summed E-state index contributed by atoms with van der Waals surface area (Å²) in [5, 5.41) is 0. The highest BCUT2D eigenvalue weighted by Crippen LogP contribution is 2.37. The molecule has 0 saturated carbocycles. The van der Waals surface area contributed by atoms with Gasteiger partial charge >= 0.3 is 0 Å². The van der Waals surface area contributed by atoms with Crippen LogP contribution in [0.4, 0.5) is 4.39 Å². The van der Waals surface area contributed by atoms with Crippen molar-refractivity contribution >= 4 is 43.2 Å². The van der Waals surface area contributed by atoms with Gasteiger partial charge in [0.2, 0.25) is 0 Å². The molecule has 90 valence electrons. The van der Waals surface area contributed by atoms with Crippen molar-refractivity contribution in [2.75, 3.05) is 0 Å². The SMILES string of the molecule is NNC(c1ccccc1F)c1cc(Br)sc1Br. The molecule has 6 heteroatoms. The number of nitrogens with two attached hydrogens (primary N) is 1. The summed E-state index contributed by atoms with van der Waals surface area (Å²) >= 11 is 8.38. The van der Waals surface area contributed by atoms with E-state index in [1.165, 1.54) is 17.4 Å². The molecule has 2 nitrogen and oxygen atoms in total. The van der Waals surface area contributed by atoms with Crippen LogP contribution in [0.2, 0.25) is 0 Å². The van der Waals surface area contributed by atoms with E-state index >= 15 is 0 Å². The molecule has 0 saturated heterocycles. The van der Waals surface area contributed by atoms with Crippen LogP contribution in [-0.4, -0.2) is 0 Å². The van der Waals surface area contributed by atoms with E-state index in [0.717, 1.165) is 13.1 Å². The average molecular weight is 380 g/mol. The zero-order valence-corrected chi connectivity index (χ0v) is 12.6. The van der Waals surface area contributed by atoms with Crippen LogP contribution in [0.15, 0.2) is 37.9 Å². The number of benzene rings is 1. The summed E-state index contributed by atoms with van der Waals surface area (Å²) in [5.41, 5.74) is 4.09. The molecule has 17 heavy (non-hydrogen) atoms. The summed E-state index contributed by atoms with van der Waals surface area (Å²) in [5.74, 6) is 5.26. The number of halogens is 3. The van der Waals surface area contributed by atoms with Gasteiger partial charge in [0, 0.05) is 11.1 Å². The zero-order chi connectivity index (χ0) is 12.4. The largest absolute Gasteiger partial charge is 0.271 e. The van der Waals surface area contributed by atoms with Crippen LogP contribution >= 0.6 is 43.2 Å². The predicted octanol–water partition coefficient (Wildman–Crippen LogP) is 3.96. The first-order valence-corrected chi connectivity index (χ1v) is 7.19. The Bertz CT molecular complexity index is 530. The molecule has 0 aliphatic heterocycles. The first-order valence-electron chi connectivity index (χ1n) is 4.78. The van der Waals surface area contributed by atoms with Gasteiger partial charge in [0.1, 0.15) is 5.82 Å². The van der Waals surface area contributed by atoms with E-state index in [-0.39, 0.29) is 11.9 Å². The third-order valence-corrected chi connectivity index (χ3v) is 4.76. The Morgan fingerprint density at radius 1 is 1.24 bits per heavy atom. The summed E-state index contributed by atoms with van der Waals surface area (Å²) in [6.45, 7) is 0. The normalized spacial score (nSPS) is 12.7. The molecule has 0 amide bonds.